The molecule has 216 valence electrons. The van der Waals surface area contributed by atoms with E-state index in [0.717, 1.165) is 5.56 Å². The van der Waals surface area contributed by atoms with Crippen molar-refractivity contribution in [2.75, 3.05) is 0 Å². The zero-order chi connectivity index (χ0) is 29.9. The SMILES string of the molecule is Cc1ccc(Cc2noc(-c3ccc4c(=O)n(-c5ccc(F)cc5)c(CCCCC(=O)OC(C)(C)C)nc4c3)n2)cc1. The summed E-state index contributed by atoms with van der Waals surface area (Å²) in [5.41, 5.74) is 3.08. The lowest BCUT2D eigenvalue weighted by Gasteiger charge is -2.19. The fourth-order valence-electron chi connectivity index (χ4n) is 4.67. The predicted octanol–water partition coefficient (Wildman–Crippen LogP) is 6.53. The molecular weight excluding hydrogens is 535 g/mol. The summed E-state index contributed by atoms with van der Waals surface area (Å²) < 4.78 is 26.1. The maximum atomic E-state index is 13.7. The van der Waals surface area contributed by atoms with Gasteiger partial charge in [-0.15, -0.1) is 0 Å². The third-order valence-corrected chi connectivity index (χ3v) is 6.67. The Bertz CT molecular complexity index is 1770. The molecule has 0 saturated heterocycles. The first-order chi connectivity index (χ1) is 20.1. The fourth-order valence-corrected chi connectivity index (χ4v) is 4.67. The number of ether oxygens (including phenoxy) is 1. The van der Waals surface area contributed by atoms with Crippen LogP contribution in [0.25, 0.3) is 28.0 Å². The minimum Gasteiger partial charge on any atom is -0.460 e. The first-order valence-corrected chi connectivity index (χ1v) is 14.0. The van der Waals surface area contributed by atoms with Crippen molar-refractivity contribution in [1.82, 2.24) is 19.7 Å². The van der Waals surface area contributed by atoms with Gasteiger partial charge in [0.05, 0.1) is 16.6 Å². The normalized spacial score (nSPS) is 11.6. The highest BCUT2D eigenvalue weighted by Crippen LogP contribution is 2.23. The highest BCUT2D eigenvalue weighted by molar-refractivity contribution is 5.82. The Morgan fingerprint density at radius 2 is 1.71 bits per heavy atom. The van der Waals surface area contributed by atoms with E-state index in [1.165, 1.54) is 22.3 Å². The van der Waals surface area contributed by atoms with Gasteiger partial charge in [-0.1, -0.05) is 35.0 Å². The second-order valence-electron chi connectivity index (χ2n) is 11.3. The Balaban J connectivity index is 1.43. The smallest absolute Gasteiger partial charge is 0.306 e. The number of halogens is 1. The molecule has 5 aromatic rings. The van der Waals surface area contributed by atoms with Crippen LogP contribution in [0.2, 0.25) is 0 Å². The van der Waals surface area contributed by atoms with Crippen molar-refractivity contribution in [1.29, 1.82) is 0 Å². The number of rotatable bonds is 9. The van der Waals surface area contributed by atoms with Crippen LogP contribution in [0.3, 0.4) is 0 Å². The van der Waals surface area contributed by atoms with E-state index >= 15 is 0 Å². The standard InChI is InChI=1S/C33H33FN4O4/c1-21-9-11-22(12-10-21)19-28-36-31(42-37-28)23-13-18-26-27(20-23)35-29(7-5-6-8-30(39)41-33(2,3)4)38(32(26)40)25-16-14-24(34)15-17-25/h9-18,20H,5-8,19H2,1-4H3. The minimum atomic E-state index is -0.544. The molecule has 0 bridgehead atoms. The molecule has 0 amide bonds. The monoisotopic (exact) mass is 568 g/mol. The van der Waals surface area contributed by atoms with Crippen LogP contribution < -0.4 is 5.56 Å². The highest BCUT2D eigenvalue weighted by Gasteiger charge is 2.18. The maximum Gasteiger partial charge on any atom is 0.306 e. The number of aromatic nitrogens is 4. The van der Waals surface area contributed by atoms with Crippen molar-refractivity contribution < 1.29 is 18.4 Å². The molecule has 0 radical (unpaired) electrons. The van der Waals surface area contributed by atoms with Gasteiger partial charge < -0.3 is 9.26 Å². The molecule has 0 aliphatic rings. The number of carbonyl (C=O) groups is 1. The number of aryl methyl sites for hydroxylation is 2. The van der Waals surface area contributed by atoms with E-state index in [0.29, 0.717) is 65.4 Å². The molecule has 0 saturated carbocycles. The van der Waals surface area contributed by atoms with Crippen LogP contribution in [-0.4, -0.2) is 31.3 Å². The average molecular weight is 569 g/mol. The summed E-state index contributed by atoms with van der Waals surface area (Å²) >= 11 is 0. The molecule has 5 rings (SSSR count). The predicted molar refractivity (Wildman–Crippen MR) is 158 cm³/mol. The molecular formula is C33H33FN4O4. The molecule has 42 heavy (non-hydrogen) atoms. The first kappa shape index (κ1) is 28.9. The summed E-state index contributed by atoms with van der Waals surface area (Å²) in [6.07, 6.45) is 2.39. The van der Waals surface area contributed by atoms with Crippen molar-refractivity contribution >= 4 is 16.9 Å². The molecule has 0 atom stereocenters. The van der Waals surface area contributed by atoms with Gasteiger partial charge in [0.1, 0.15) is 17.2 Å². The van der Waals surface area contributed by atoms with Crippen LogP contribution in [0.1, 0.15) is 62.8 Å². The Hall–Kier alpha value is -4.66. The van der Waals surface area contributed by atoms with E-state index in [-0.39, 0.29) is 17.9 Å². The number of nitrogens with zero attached hydrogens (tertiary/aromatic N) is 4. The molecule has 0 aliphatic carbocycles. The van der Waals surface area contributed by atoms with Crippen LogP contribution in [0, 0.1) is 12.7 Å². The van der Waals surface area contributed by atoms with Crippen molar-refractivity contribution in [2.45, 2.75) is 65.4 Å². The van der Waals surface area contributed by atoms with Gasteiger partial charge in [-0.25, -0.2) is 9.37 Å². The van der Waals surface area contributed by atoms with Crippen molar-refractivity contribution in [3.63, 3.8) is 0 Å². The van der Waals surface area contributed by atoms with Gasteiger partial charge in [-0.05, 0) is 88.6 Å². The lowest BCUT2D eigenvalue weighted by molar-refractivity contribution is -0.154. The number of hydrogen-bond acceptors (Lipinski definition) is 7. The van der Waals surface area contributed by atoms with Gasteiger partial charge in [-0.3, -0.25) is 14.2 Å². The van der Waals surface area contributed by atoms with Crippen molar-refractivity contribution in [3.8, 4) is 17.1 Å². The molecule has 2 heterocycles. The van der Waals surface area contributed by atoms with Gasteiger partial charge in [0, 0.05) is 24.8 Å². The number of carbonyl (C=O) groups excluding carboxylic acids is 1. The van der Waals surface area contributed by atoms with Crippen LogP contribution in [0.15, 0.2) is 76.0 Å². The van der Waals surface area contributed by atoms with Gasteiger partial charge in [-0.2, -0.15) is 4.98 Å². The summed E-state index contributed by atoms with van der Waals surface area (Å²) in [6.45, 7) is 7.53. The second kappa shape index (κ2) is 12.1. The first-order valence-electron chi connectivity index (χ1n) is 14.0. The summed E-state index contributed by atoms with van der Waals surface area (Å²) in [7, 11) is 0. The molecule has 2 aromatic heterocycles. The van der Waals surface area contributed by atoms with Crippen molar-refractivity contribution in [3.05, 3.63) is 106 Å². The minimum absolute atomic E-state index is 0.262. The lowest BCUT2D eigenvalue weighted by Crippen LogP contribution is -2.24. The molecule has 0 fully saturated rings. The Morgan fingerprint density at radius 3 is 2.43 bits per heavy atom. The average Bonchev–Trinajstić information content (AvgIpc) is 3.40. The van der Waals surface area contributed by atoms with Gasteiger partial charge in [0.25, 0.3) is 11.4 Å². The van der Waals surface area contributed by atoms with Gasteiger partial charge in [0.2, 0.25) is 0 Å². The second-order valence-corrected chi connectivity index (χ2v) is 11.3. The van der Waals surface area contributed by atoms with Crippen LogP contribution in [-0.2, 0) is 22.4 Å². The lowest BCUT2D eigenvalue weighted by atomic mass is 10.1. The molecule has 9 heteroatoms. The summed E-state index contributed by atoms with van der Waals surface area (Å²) in [4.78, 5) is 35.3. The third-order valence-electron chi connectivity index (χ3n) is 6.67. The van der Waals surface area contributed by atoms with Gasteiger partial charge >= 0.3 is 5.97 Å². The Kier molecular flexibility index (Phi) is 8.29. The molecule has 0 aliphatic heterocycles. The number of benzene rings is 3. The molecule has 8 nitrogen and oxygen atoms in total. The van der Waals surface area contributed by atoms with Crippen LogP contribution in [0.5, 0.6) is 0 Å². The van der Waals surface area contributed by atoms with Crippen LogP contribution >= 0.6 is 0 Å². The van der Waals surface area contributed by atoms with Crippen molar-refractivity contribution in [2.24, 2.45) is 0 Å². The van der Waals surface area contributed by atoms with E-state index in [1.54, 1.807) is 30.3 Å². The quantitative estimate of drug-likeness (QED) is 0.147. The van der Waals surface area contributed by atoms with Crippen LogP contribution in [0.4, 0.5) is 4.39 Å². The summed E-state index contributed by atoms with van der Waals surface area (Å²) in [6, 6.07) is 19.1. The number of hydrogen-bond donors (Lipinski definition) is 0. The summed E-state index contributed by atoms with van der Waals surface area (Å²) in [5.74, 6) is 0.731. The number of esters is 1. The van der Waals surface area contributed by atoms with E-state index < -0.39 is 11.4 Å². The van der Waals surface area contributed by atoms with E-state index in [4.69, 9.17) is 14.2 Å². The van der Waals surface area contributed by atoms with E-state index in [2.05, 4.69) is 10.1 Å². The Labute approximate surface area is 243 Å². The zero-order valence-corrected chi connectivity index (χ0v) is 24.2. The molecule has 0 spiro atoms. The summed E-state index contributed by atoms with van der Waals surface area (Å²) in [5, 5.41) is 4.53. The highest BCUT2D eigenvalue weighted by atomic mass is 19.1. The van der Waals surface area contributed by atoms with E-state index in [9.17, 15) is 14.0 Å². The van der Waals surface area contributed by atoms with E-state index in [1.807, 2.05) is 52.0 Å². The fraction of sp³-hybridized carbons (Fsp3) is 0.303. The third kappa shape index (κ3) is 6.97. The molecule has 0 unspecified atom stereocenters. The van der Waals surface area contributed by atoms with Gasteiger partial charge in [0.15, 0.2) is 5.82 Å². The molecule has 3 aromatic carbocycles. The largest absolute Gasteiger partial charge is 0.460 e. The zero-order valence-electron chi connectivity index (χ0n) is 24.2. The topological polar surface area (TPSA) is 100 Å². The number of fused-ring (bicyclic) bond motifs is 1. The number of unbranched alkanes of at least 4 members (excludes halogenated alkanes) is 1. The maximum absolute atomic E-state index is 13.7. The molecule has 0 N–H and O–H groups in total. The Morgan fingerprint density at radius 1 is 0.976 bits per heavy atom.